The molecule has 1 aliphatic rings. The average molecular weight is 263 g/mol. The standard InChI is InChI=1S/C14H21N3O2/c1-3-15-11-6-7-12(16-9-11)14(18)17-10(2)13-5-4-8-19-13/h6-7,9-10,13,15H,3-5,8H2,1-2H3,(H,17,18). The molecule has 2 atom stereocenters. The van der Waals surface area contributed by atoms with E-state index in [9.17, 15) is 4.79 Å². The molecule has 104 valence electrons. The second-order valence-corrected chi connectivity index (χ2v) is 4.78. The molecule has 1 aromatic heterocycles. The van der Waals surface area contributed by atoms with Gasteiger partial charge in [-0.05, 0) is 38.8 Å². The van der Waals surface area contributed by atoms with Gasteiger partial charge in [0, 0.05) is 13.2 Å². The molecule has 0 bridgehead atoms. The van der Waals surface area contributed by atoms with E-state index in [1.165, 1.54) is 0 Å². The van der Waals surface area contributed by atoms with Gasteiger partial charge in [0.1, 0.15) is 5.69 Å². The molecule has 0 radical (unpaired) electrons. The summed E-state index contributed by atoms with van der Waals surface area (Å²) in [5, 5.41) is 6.09. The molecule has 1 amide bonds. The molecule has 2 unspecified atom stereocenters. The van der Waals surface area contributed by atoms with Gasteiger partial charge < -0.3 is 15.4 Å². The first kappa shape index (κ1) is 13.8. The number of aromatic nitrogens is 1. The van der Waals surface area contributed by atoms with E-state index in [-0.39, 0.29) is 18.1 Å². The first-order valence-electron chi connectivity index (χ1n) is 6.83. The molecule has 5 heteroatoms. The molecule has 2 heterocycles. The monoisotopic (exact) mass is 263 g/mol. The van der Waals surface area contributed by atoms with Gasteiger partial charge in [-0.2, -0.15) is 0 Å². The van der Waals surface area contributed by atoms with E-state index in [1.54, 1.807) is 12.3 Å². The molecule has 1 saturated heterocycles. The number of ether oxygens (including phenoxy) is 1. The van der Waals surface area contributed by atoms with Crippen molar-refractivity contribution in [1.82, 2.24) is 10.3 Å². The highest BCUT2D eigenvalue weighted by atomic mass is 16.5. The van der Waals surface area contributed by atoms with Crippen LogP contribution in [0.5, 0.6) is 0 Å². The van der Waals surface area contributed by atoms with Gasteiger partial charge in [0.2, 0.25) is 0 Å². The SMILES string of the molecule is CCNc1ccc(C(=O)NC(C)C2CCCO2)nc1. The Hall–Kier alpha value is -1.62. The quantitative estimate of drug-likeness (QED) is 0.850. The molecule has 5 nitrogen and oxygen atoms in total. The van der Waals surface area contributed by atoms with Crippen molar-refractivity contribution in [3.63, 3.8) is 0 Å². The number of nitrogens with zero attached hydrogens (tertiary/aromatic N) is 1. The fourth-order valence-electron chi connectivity index (χ4n) is 2.21. The van der Waals surface area contributed by atoms with E-state index < -0.39 is 0 Å². The summed E-state index contributed by atoms with van der Waals surface area (Å²) >= 11 is 0. The van der Waals surface area contributed by atoms with Gasteiger partial charge in [-0.3, -0.25) is 4.79 Å². The number of hydrogen-bond acceptors (Lipinski definition) is 4. The van der Waals surface area contributed by atoms with Crippen molar-refractivity contribution in [3.8, 4) is 0 Å². The van der Waals surface area contributed by atoms with Crippen LogP contribution in [0.15, 0.2) is 18.3 Å². The Morgan fingerprint density at radius 1 is 1.58 bits per heavy atom. The second-order valence-electron chi connectivity index (χ2n) is 4.78. The van der Waals surface area contributed by atoms with Crippen LogP contribution in [0.4, 0.5) is 5.69 Å². The maximum Gasteiger partial charge on any atom is 0.270 e. The Bertz CT molecular complexity index is 413. The van der Waals surface area contributed by atoms with Gasteiger partial charge in [0.05, 0.1) is 24.0 Å². The van der Waals surface area contributed by atoms with Crippen molar-refractivity contribution < 1.29 is 9.53 Å². The van der Waals surface area contributed by atoms with Crippen LogP contribution in [0.3, 0.4) is 0 Å². The van der Waals surface area contributed by atoms with E-state index in [4.69, 9.17) is 4.74 Å². The Balaban J connectivity index is 1.91. The van der Waals surface area contributed by atoms with Crippen molar-refractivity contribution in [3.05, 3.63) is 24.0 Å². The molecule has 2 N–H and O–H groups in total. The fraction of sp³-hybridized carbons (Fsp3) is 0.571. The van der Waals surface area contributed by atoms with Crippen molar-refractivity contribution in [2.24, 2.45) is 0 Å². The van der Waals surface area contributed by atoms with Crippen LogP contribution in [0.2, 0.25) is 0 Å². The summed E-state index contributed by atoms with van der Waals surface area (Å²) in [6, 6.07) is 3.61. The summed E-state index contributed by atoms with van der Waals surface area (Å²) in [5.41, 5.74) is 1.36. The minimum atomic E-state index is -0.147. The molecule has 19 heavy (non-hydrogen) atoms. The first-order valence-corrected chi connectivity index (χ1v) is 6.83. The molecule has 0 aliphatic carbocycles. The zero-order chi connectivity index (χ0) is 13.7. The predicted octanol–water partition coefficient (Wildman–Crippen LogP) is 1.81. The number of carbonyl (C=O) groups is 1. The molecular weight excluding hydrogens is 242 g/mol. The van der Waals surface area contributed by atoms with Gasteiger partial charge in [0.25, 0.3) is 5.91 Å². The van der Waals surface area contributed by atoms with Crippen LogP contribution in [0.25, 0.3) is 0 Å². The summed E-state index contributed by atoms with van der Waals surface area (Å²) in [4.78, 5) is 16.2. The molecule has 0 spiro atoms. The zero-order valence-corrected chi connectivity index (χ0v) is 11.5. The third-order valence-electron chi connectivity index (χ3n) is 3.26. The summed E-state index contributed by atoms with van der Waals surface area (Å²) < 4.78 is 5.56. The van der Waals surface area contributed by atoms with Crippen LogP contribution < -0.4 is 10.6 Å². The minimum absolute atomic E-state index is 0.0187. The smallest absolute Gasteiger partial charge is 0.270 e. The van der Waals surface area contributed by atoms with Crippen molar-refractivity contribution in [1.29, 1.82) is 0 Å². The van der Waals surface area contributed by atoms with Crippen molar-refractivity contribution in [2.45, 2.75) is 38.8 Å². The lowest BCUT2D eigenvalue weighted by atomic mass is 10.1. The summed E-state index contributed by atoms with van der Waals surface area (Å²) in [7, 11) is 0. The largest absolute Gasteiger partial charge is 0.384 e. The average Bonchev–Trinajstić information content (AvgIpc) is 2.94. The Morgan fingerprint density at radius 3 is 3.00 bits per heavy atom. The van der Waals surface area contributed by atoms with Crippen LogP contribution in [-0.4, -0.2) is 36.2 Å². The number of pyridine rings is 1. The number of rotatable bonds is 5. The molecular formula is C14H21N3O2. The Morgan fingerprint density at radius 2 is 2.42 bits per heavy atom. The fourth-order valence-corrected chi connectivity index (χ4v) is 2.21. The lowest BCUT2D eigenvalue weighted by Crippen LogP contribution is -2.41. The van der Waals surface area contributed by atoms with Crippen LogP contribution >= 0.6 is 0 Å². The first-order chi connectivity index (χ1) is 9.20. The molecule has 1 aliphatic heterocycles. The van der Waals surface area contributed by atoms with Gasteiger partial charge in [-0.1, -0.05) is 0 Å². The third kappa shape index (κ3) is 3.67. The highest BCUT2D eigenvalue weighted by molar-refractivity contribution is 5.92. The van der Waals surface area contributed by atoms with Crippen molar-refractivity contribution in [2.75, 3.05) is 18.5 Å². The molecule has 1 aromatic rings. The maximum atomic E-state index is 12.0. The number of anilines is 1. The van der Waals surface area contributed by atoms with Gasteiger partial charge in [-0.15, -0.1) is 0 Å². The van der Waals surface area contributed by atoms with Crippen LogP contribution in [0, 0.1) is 0 Å². The minimum Gasteiger partial charge on any atom is -0.384 e. The highest BCUT2D eigenvalue weighted by Crippen LogP contribution is 2.15. The molecule has 0 saturated carbocycles. The number of carbonyl (C=O) groups excluding carboxylic acids is 1. The van der Waals surface area contributed by atoms with Crippen LogP contribution in [0.1, 0.15) is 37.2 Å². The molecule has 2 rings (SSSR count). The zero-order valence-electron chi connectivity index (χ0n) is 11.5. The second kappa shape index (κ2) is 6.52. The molecule has 0 aromatic carbocycles. The molecule has 1 fully saturated rings. The van der Waals surface area contributed by atoms with Crippen molar-refractivity contribution >= 4 is 11.6 Å². The summed E-state index contributed by atoms with van der Waals surface area (Å²) in [6.07, 6.45) is 3.88. The lowest BCUT2D eigenvalue weighted by Gasteiger charge is -2.19. The Kier molecular flexibility index (Phi) is 4.74. The maximum absolute atomic E-state index is 12.0. The van der Waals surface area contributed by atoms with Crippen LogP contribution in [-0.2, 0) is 4.74 Å². The third-order valence-corrected chi connectivity index (χ3v) is 3.26. The number of amides is 1. The van der Waals surface area contributed by atoms with E-state index >= 15 is 0 Å². The topological polar surface area (TPSA) is 63.2 Å². The summed E-state index contributed by atoms with van der Waals surface area (Å²) in [6.45, 7) is 5.62. The Labute approximate surface area is 113 Å². The van der Waals surface area contributed by atoms with E-state index in [0.717, 1.165) is 31.7 Å². The highest BCUT2D eigenvalue weighted by Gasteiger charge is 2.24. The van der Waals surface area contributed by atoms with Gasteiger partial charge in [0.15, 0.2) is 0 Å². The normalized spacial score (nSPS) is 20.0. The van der Waals surface area contributed by atoms with Gasteiger partial charge in [-0.25, -0.2) is 4.98 Å². The van der Waals surface area contributed by atoms with Gasteiger partial charge >= 0.3 is 0 Å². The predicted molar refractivity (Wildman–Crippen MR) is 74.3 cm³/mol. The number of hydrogen-bond donors (Lipinski definition) is 2. The number of nitrogens with one attached hydrogen (secondary N) is 2. The van der Waals surface area contributed by atoms with E-state index in [1.807, 2.05) is 19.9 Å². The lowest BCUT2D eigenvalue weighted by molar-refractivity contribution is 0.0709. The summed E-state index contributed by atoms with van der Waals surface area (Å²) in [5.74, 6) is -0.147. The van der Waals surface area contributed by atoms with E-state index in [2.05, 4.69) is 15.6 Å². The van der Waals surface area contributed by atoms with E-state index in [0.29, 0.717) is 5.69 Å².